The number of methoxy groups -OCH3 is 2. The monoisotopic (exact) mass is 278 g/mol. The number of carboxylic acid groups (broad SMARTS) is 1. The van der Waals surface area contributed by atoms with Gasteiger partial charge in [-0.2, -0.15) is 0 Å². The normalized spacial score (nSPS) is 10.1. The van der Waals surface area contributed by atoms with Crippen molar-refractivity contribution in [3.05, 3.63) is 35.7 Å². The molecule has 0 saturated carbocycles. The van der Waals surface area contributed by atoms with E-state index in [0.717, 1.165) is 0 Å². The van der Waals surface area contributed by atoms with Crippen molar-refractivity contribution in [3.8, 4) is 11.5 Å². The minimum atomic E-state index is -1.13. The molecular formula is C13H14N2O5. The molecule has 2 rings (SSSR count). The smallest absolute Gasteiger partial charge is 0.358 e. The predicted molar refractivity (Wildman–Crippen MR) is 70.3 cm³/mol. The highest BCUT2D eigenvalue weighted by molar-refractivity contribution is 5.85. The molecule has 7 heteroatoms. The molecule has 0 bridgehead atoms. The number of carbonyl (C=O) groups is 1. The first-order chi connectivity index (χ1) is 9.63. The van der Waals surface area contributed by atoms with Gasteiger partial charge in [-0.3, -0.25) is 0 Å². The van der Waals surface area contributed by atoms with Gasteiger partial charge in [-0.25, -0.2) is 4.79 Å². The number of benzene rings is 1. The van der Waals surface area contributed by atoms with Crippen molar-refractivity contribution in [2.45, 2.75) is 6.54 Å². The molecule has 7 nitrogen and oxygen atoms in total. The molecule has 1 heterocycles. The lowest BCUT2D eigenvalue weighted by Crippen LogP contribution is -2.01. The summed E-state index contributed by atoms with van der Waals surface area (Å²) in [7, 11) is 3.13. The van der Waals surface area contributed by atoms with Crippen LogP contribution in [0.5, 0.6) is 11.5 Å². The first-order valence-electron chi connectivity index (χ1n) is 5.79. The topological polar surface area (TPSA) is 93.8 Å². The lowest BCUT2D eigenvalue weighted by Gasteiger charge is -2.11. The molecule has 0 atom stereocenters. The predicted octanol–water partition coefficient (Wildman–Crippen LogP) is 2.00. The van der Waals surface area contributed by atoms with Crippen LogP contribution in [0.15, 0.2) is 28.8 Å². The van der Waals surface area contributed by atoms with Crippen LogP contribution < -0.4 is 14.8 Å². The third-order valence-electron chi connectivity index (χ3n) is 2.64. The second kappa shape index (κ2) is 5.96. The van der Waals surface area contributed by atoms with Gasteiger partial charge < -0.3 is 24.4 Å². The molecule has 0 radical (unpaired) electrons. The highest BCUT2D eigenvalue weighted by atomic mass is 16.5. The molecule has 106 valence electrons. The average Bonchev–Trinajstić information content (AvgIpc) is 2.93. The quantitative estimate of drug-likeness (QED) is 0.834. The number of aromatic nitrogens is 1. The fourth-order valence-corrected chi connectivity index (χ4v) is 1.63. The van der Waals surface area contributed by atoms with Gasteiger partial charge in [0, 0.05) is 12.1 Å². The summed E-state index contributed by atoms with van der Waals surface area (Å²) in [5.74, 6) is 0.604. The maximum atomic E-state index is 10.7. The summed E-state index contributed by atoms with van der Waals surface area (Å²) in [6, 6.07) is 6.68. The van der Waals surface area contributed by atoms with E-state index in [2.05, 4.69) is 10.5 Å². The molecular weight excluding hydrogens is 264 g/mol. The molecule has 0 aliphatic rings. The van der Waals surface area contributed by atoms with Crippen LogP contribution >= 0.6 is 0 Å². The van der Waals surface area contributed by atoms with Crippen LogP contribution in [0.3, 0.4) is 0 Å². The Morgan fingerprint density at radius 2 is 2.15 bits per heavy atom. The van der Waals surface area contributed by atoms with Crippen molar-refractivity contribution in [2.75, 3.05) is 19.5 Å². The van der Waals surface area contributed by atoms with Gasteiger partial charge >= 0.3 is 5.97 Å². The van der Waals surface area contributed by atoms with Crippen LogP contribution in [0.2, 0.25) is 0 Å². The van der Waals surface area contributed by atoms with Gasteiger partial charge in [0.25, 0.3) is 0 Å². The van der Waals surface area contributed by atoms with Crippen LogP contribution in [-0.4, -0.2) is 30.5 Å². The van der Waals surface area contributed by atoms with Gasteiger partial charge in [-0.1, -0.05) is 5.16 Å². The number of carboxylic acids is 1. The number of anilines is 1. The fraction of sp³-hybridized carbons (Fsp3) is 0.231. The largest absolute Gasteiger partial charge is 0.497 e. The van der Waals surface area contributed by atoms with E-state index in [9.17, 15) is 4.79 Å². The van der Waals surface area contributed by atoms with Crippen LogP contribution in [0.4, 0.5) is 5.69 Å². The maximum absolute atomic E-state index is 10.7. The molecule has 0 spiro atoms. The van der Waals surface area contributed by atoms with E-state index in [1.807, 2.05) is 0 Å². The molecule has 0 amide bonds. The van der Waals surface area contributed by atoms with Crippen molar-refractivity contribution >= 4 is 11.7 Å². The maximum Gasteiger partial charge on any atom is 0.358 e. The van der Waals surface area contributed by atoms with Crippen LogP contribution in [0.25, 0.3) is 0 Å². The van der Waals surface area contributed by atoms with E-state index in [-0.39, 0.29) is 12.2 Å². The van der Waals surface area contributed by atoms with Gasteiger partial charge in [-0.05, 0) is 12.1 Å². The number of hydrogen-bond donors (Lipinski definition) is 2. The van der Waals surface area contributed by atoms with Gasteiger partial charge in [-0.15, -0.1) is 0 Å². The molecule has 1 aromatic carbocycles. The minimum Gasteiger partial charge on any atom is -0.497 e. The minimum absolute atomic E-state index is 0.126. The Kier molecular flexibility index (Phi) is 4.09. The van der Waals surface area contributed by atoms with E-state index in [4.69, 9.17) is 19.1 Å². The Morgan fingerprint density at radius 3 is 2.75 bits per heavy atom. The molecule has 20 heavy (non-hydrogen) atoms. The zero-order valence-electron chi connectivity index (χ0n) is 11.0. The number of rotatable bonds is 6. The van der Waals surface area contributed by atoms with E-state index < -0.39 is 5.97 Å². The Hall–Kier alpha value is -2.70. The summed E-state index contributed by atoms with van der Waals surface area (Å²) >= 11 is 0. The molecule has 0 fully saturated rings. The average molecular weight is 278 g/mol. The standard InChI is InChI=1S/C13H14N2O5/c1-18-8-3-4-12(19-2)10(5-8)14-7-9-6-11(13(16)17)15-20-9/h3-6,14H,7H2,1-2H3,(H,16,17). The number of hydrogen-bond acceptors (Lipinski definition) is 6. The summed E-state index contributed by atoms with van der Waals surface area (Å²) in [6.07, 6.45) is 0. The number of aromatic carboxylic acids is 1. The lowest BCUT2D eigenvalue weighted by molar-refractivity contribution is 0.0685. The molecule has 0 aliphatic heterocycles. The Morgan fingerprint density at radius 1 is 1.35 bits per heavy atom. The fourth-order valence-electron chi connectivity index (χ4n) is 1.63. The van der Waals surface area contributed by atoms with Crippen LogP contribution in [0, 0.1) is 0 Å². The Balaban J connectivity index is 2.10. The highest BCUT2D eigenvalue weighted by Gasteiger charge is 2.11. The van der Waals surface area contributed by atoms with Gasteiger partial charge in [0.15, 0.2) is 11.5 Å². The zero-order chi connectivity index (χ0) is 14.5. The Labute approximate surface area is 115 Å². The summed E-state index contributed by atoms with van der Waals surface area (Å²) in [4.78, 5) is 10.7. The van der Waals surface area contributed by atoms with Crippen molar-refractivity contribution in [2.24, 2.45) is 0 Å². The van der Waals surface area contributed by atoms with Crippen LogP contribution in [0.1, 0.15) is 16.2 Å². The van der Waals surface area contributed by atoms with Crippen molar-refractivity contribution in [1.82, 2.24) is 5.16 Å². The number of nitrogens with one attached hydrogen (secondary N) is 1. The summed E-state index contributed by atoms with van der Waals surface area (Å²) < 4.78 is 15.3. The van der Waals surface area contributed by atoms with Crippen molar-refractivity contribution in [3.63, 3.8) is 0 Å². The molecule has 0 saturated heterocycles. The van der Waals surface area contributed by atoms with Crippen molar-refractivity contribution in [1.29, 1.82) is 0 Å². The van der Waals surface area contributed by atoms with Gasteiger partial charge in [0.2, 0.25) is 0 Å². The van der Waals surface area contributed by atoms with Crippen LogP contribution in [-0.2, 0) is 6.54 Å². The third kappa shape index (κ3) is 3.00. The van der Waals surface area contributed by atoms with Gasteiger partial charge in [0.05, 0.1) is 26.5 Å². The zero-order valence-corrected chi connectivity index (χ0v) is 11.0. The molecule has 0 unspecified atom stereocenters. The molecule has 0 aliphatic carbocycles. The van der Waals surface area contributed by atoms with E-state index >= 15 is 0 Å². The second-order valence-corrected chi connectivity index (χ2v) is 3.90. The summed E-state index contributed by atoms with van der Waals surface area (Å²) in [6.45, 7) is 0.282. The molecule has 2 N–H and O–H groups in total. The second-order valence-electron chi connectivity index (χ2n) is 3.90. The van der Waals surface area contributed by atoms with E-state index in [1.165, 1.54) is 6.07 Å². The first-order valence-corrected chi connectivity index (χ1v) is 5.79. The van der Waals surface area contributed by atoms with E-state index in [1.54, 1.807) is 32.4 Å². The van der Waals surface area contributed by atoms with Crippen molar-refractivity contribution < 1.29 is 23.9 Å². The Bertz CT molecular complexity index is 609. The molecule has 1 aromatic heterocycles. The third-order valence-corrected chi connectivity index (χ3v) is 2.64. The lowest BCUT2D eigenvalue weighted by atomic mass is 10.2. The summed E-state index contributed by atoms with van der Waals surface area (Å²) in [5, 5.41) is 15.3. The first kappa shape index (κ1) is 13.7. The SMILES string of the molecule is COc1ccc(OC)c(NCc2cc(C(=O)O)no2)c1. The number of nitrogens with zero attached hydrogens (tertiary/aromatic N) is 1. The summed E-state index contributed by atoms with van der Waals surface area (Å²) in [5.41, 5.74) is 0.583. The highest BCUT2D eigenvalue weighted by Crippen LogP contribution is 2.29. The van der Waals surface area contributed by atoms with Gasteiger partial charge in [0.1, 0.15) is 11.5 Å². The number of ether oxygens (including phenoxy) is 2. The molecule has 2 aromatic rings. The van der Waals surface area contributed by atoms with E-state index in [0.29, 0.717) is 22.9 Å².